The molecule has 15 heavy (non-hydrogen) atoms. The van der Waals surface area contributed by atoms with E-state index in [-0.39, 0.29) is 6.04 Å². The lowest BCUT2D eigenvalue weighted by Crippen LogP contribution is -2.34. The van der Waals surface area contributed by atoms with Gasteiger partial charge in [0.05, 0.1) is 13.2 Å². The van der Waals surface area contributed by atoms with E-state index in [1.54, 1.807) is 14.2 Å². The summed E-state index contributed by atoms with van der Waals surface area (Å²) in [6, 6.07) is 8.12. The van der Waals surface area contributed by atoms with Crippen LogP contribution >= 0.6 is 12.2 Å². The quantitative estimate of drug-likeness (QED) is 0.768. The summed E-state index contributed by atoms with van der Waals surface area (Å²) in [6.07, 6.45) is 0. The lowest BCUT2D eigenvalue weighted by Gasteiger charge is -2.16. The van der Waals surface area contributed by atoms with E-state index in [0.717, 1.165) is 5.75 Å². The molecule has 3 nitrogen and oxygen atoms in total. The average Bonchev–Trinajstić information content (AvgIpc) is 2.29. The van der Waals surface area contributed by atoms with E-state index in [1.165, 1.54) is 5.56 Å². The number of thiocarbonyl (C=S) groups is 1. The van der Waals surface area contributed by atoms with Gasteiger partial charge in [0.2, 0.25) is 0 Å². The van der Waals surface area contributed by atoms with Gasteiger partial charge < -0.3 is 15.4 Å². The zero-order valence-corrected chi connectivity index (χ0v) is 10.0. The summed E-state index contributed by atoms with van der Waals surface area (Å²) in [7, 11) is 3.46. The Labute approximate surface area is 95.8 Å². The Morgan fingerprint density at radius 1 is 1.33 bits per heavy atom. The van der Waals surface area contributed by atoms with Crippen LogP contribution in [0.2, 0.25) is 0 Å². The third kappa shape index (κ3) is 3.40. The van der Waals surface area contributed by atoms with Crippen LogP contribution in [0.25, 0.3) is 0 Å². The summed E-state index contributed by atoms with van der Waals surface area (Å²) in [6.45, 7) is 2.06. The smallest absolute Gasteiger partial charge is 0.166 e. The molecule has 0 spiro atoms. The molecule has 0 heterocycles. The summed E-state index contributed by atoms with van der Waals surface area (Å²) >= 11 is 5.03. The van der Waals surface area contributed by atoms with Crippen molar-refractivity contribution < 1.29 is 4.74 Å². The van der Waals surface area contributed by atoms with Crippen LogP contribution in [0, 0.1) is 0 Å². The second kappa shape index (κ2) is 5.56. The molecular formula is C11H16N2OS. The fraction of sp³-hybridized carbons (Fsp3) is 0.364. The first-order valence-electron chi connectivity index (χ1n) is 4.79. The maximum atomic E-state index is 5.09. The van der Waals surface area contributed by atoms with E-state index in [2.05, 4.69) is 17.6 Å². The van der Waals surface area contributed by atoms with E-state index < -0.39 is 0 Å². The lowest BCUT2D eigenvalue weighted by molar-refractivity contribution is 0.414. The van der Waals surface area contributed by atoms with E-state index in [0.29, 0.717) is 5.11 Å². The van der Waals surface area contributed by atoms with Crippen LogP contribution in [-0.2, 0) is 0 Å². The van der Waals surface area contributed by atoms with Crippen LogP contribution in [0.1, 0.15) is 18.5 Å². The molecule has 1 aromatic rings. The van der Waals surface area contributed by atoms with Gasteiger partial charge in [-0.25, -0.2) is 0 Å². The summed E-state index contributed by atoms with van der Waals surface area (Å²) in [5.74, 6) is 0.863. The predicted molar refractivity (Wildman–Crippen MR) is 66.2 cm³/mol. The third-order valence-electron chi connectivity index (χ3n) is 2.19. The van der Waals surface area contributed by atoms with Crippen molar-refractivity contribution >= 4 is 17.3 Å². The largest absolute Gasteiger partial charge is 0.497 e. The van der Waals surface area contributed by atoms with Gasteiger partial charge in [-0.1, -0.05) is 12.1 Å². The lowest BCUT2D eigenvalue weighted by atomic mass is 10.1. The van der Waals surface area contributed by atoms with Crippen LogP contribution in [0.3, 0.4) is 0 Å². The molecule has 1 atom stereocenters. The Morgan fingerprint density at radius 2 is 1.93 bits per heavy atom. The summed E-state index contributed by atoms with van der Waals surface area (Å²) < 4.78 is 5.09. The Hall–Kier alpha value is -1.29. The first-order valence-corrected chi connectivity index (χ1v) is 5.20. The SMILES string of the molecule is CNC(=S)N[C@@H](C)c1ccc(OC)cc1. The minimum absolute atomic E-state index is 0.191. The molecule has 0 amide bonds. The molecule has 82 valence electrons. The van der Waals surface area contributed by atoms with Crippen molar-refractivity contribution in [1.29, 1.82) is 0 Å². The summed E-state index contributed by atoms with van der Waals surface area (Å²) in [5, 5.41) is 6.70. The third-order valence-corrected chi connectivity index (χ3v) is 2.51. The van der Waals surface area contributed by atoms with Crippen LogP contribution in [0.5, 0.6) is 5.75 Å². The maximum Gasteiger partial charge on any atom is 0.166 e. The standard InChI is InChI=1S/C11H16N2OS/c1-8(13-11(15)12-2)9-4-6-10(14-3)7-5-9/h4-8H,1-3H3,(H2,12,13,15)/t8-/m0/s1. The number of hydrogen-bond acceptors (Lipinski definition) is 2. The van der Waals surface area contributed by atoms with Crippen LogP contribution in [0.4, 0.5) is 0 Å². The monoisotopic (exact) mass is 224 g/mol. The van der Waals surface area contributed by atoms with Crippen molar-refractivity contribution in [2.45, 2.75) is 13.0 Å². The molecular weight excluding hydrogens is 208 g/mol. The zero-order valence-electron chi connectivity index (χ0n) is 9.20. The molecule has 4 heteroatoms. The fourth-order valence-corrected chi connectivity index (χ4v) is 1.42. The molecule has 0 aliphatic carbocycles. The van der Waals surface area contributed by atoms with Crippen molar-refractivity contribution in [1.82, 2.24) is 10.6 Å². The normalized spacial score (nSPS) is 11.7. The molecule has 0 unspecified atom stereocenters. The summed E-state index contributed by atoms with van der Waals surface area (Å²) in [5.41, 5.74) is 1.17. The van der Waals surface area contributed by atoms with Crippen LogP contribution in [0.15, 0.2) is 24.3 Å². The Morgan fingerprint density at radius 3 is 2.40 bits per heavy atom. The maximum absolute atomic E-state index is 5.09. The minimum Gasteiger partial charge on any atom is -0.497 e. The number of benzene rings is 1. The molecule has 0 aliphatic heterocycles. The first kappa shape index (κ1) is 11.8. The molecule has 1 rings (SSSR count). The van der Waals surface area contributed by atoms with Crippen molar-refractivity contribution in [3.05, 3.63) is 29.8 Å². The molecule has 0 aliphatic rings. The molecule has 0 bridgehead atoms. The van der Waals surface area contributed by atoms with E-state index in [1.807, 2.05) is 24.3 Å². The number of methoxy groups -OCH3 is 1. The highest BCUT2D eigenvalue weighted by Gasteiger charge is 2.05. The fourth-order valence-electron chi connectivity index (χ4n) is 1.24. The minimum atomic E-state index is 0.191. The number of rotatable bonds is 3. The van der Waals surface area contributed by atoms with E-state index in [9.17, 15) is 0 Å². The Balaban J connectivity index is 2.65. The number of nitrogens with one attached hydrogen (secondary N) is 2. The van der Waals surface area contributed by atoms with Crippen molar-refractivity contribution in [2.75, 3.05) is 14.2 Å². The van der Waals surface area contributed by atoms with Crippen molar-refractivity contribution in [3.63, 3.8) is 0 Å². The van der Waals surface area contributed by atoms with E-state index >= 15 is 0 Å². The molecule has 0 aromatic heterocycles. The van der Waals surface area contributed by atoms with Crippen molar-refractivity contribution in [3.8, 4) is 5.75 Å². The van der Waals surface area contributed by atoms with Gasteiger partial charge in [-0.15, -0.1) is 0 Å². The van der Waals surface area contributed by atoms with Crippen molar-refractivity contribution in [2.24, 2.45) is 0 Å². The van der Waals surface area contributed by atoms with Gasteiger partial charge in [-0.3, -0.25) is 0 Å². The predicted octanol–water partition coefficient (Wildman–Crippen LogP) is 1.85. The first-order chi connectivity index (χ1) is 7.17. The van der Waals surface area contributed by atoms with Gasteiger partial charge in [0, 0.05) is 7.05 Å². The molecule has 0 radical (unpaired) electrons. The topological polar surface area (TPSA) is 33.3 Å². The molecule has 2 N–H and O–H groups in total. The highest BCUT2D eigenvalue weighted by Crippen LogP contribution is 2.16. The van der Waals surface area contributed by atoms with Crippen LogP contribution in [-0.4, -0.2) is 19.3 Å². The van der Waals surface area contributed by atoms with E-state index in [4.69, 9.17) is 17.0 Å². The molecule has 0 saturated heterocycles. The Bertz CT molecular complexity index is 324. The van der Waals surface area contributed by atoms with Gasteiger partial charge in [-0.2, -0.15) is 0 Å². The van der Waals surface area contributed by atoms with Gasteiger partial charge >= 0.3 is 0 Å². The van der Waals surface area contributed by atoms with Gasteiger partial charge in [0.15, 0.2) is 5.11 Å². The zero-order chi connectivity index (χ0) is 11.3. The van der Waals surface area contributed by atoms with Crippen LogP contribution < -0.4 is 15.4 Å². The molecule has 1 aromatic carbocycles. The highest BCUT2D eigenvalue weighted by atomic mass is 32.1. The Kier molecular flexibility index (Phi) is 4.37. The van der Waals surface area contributed by atoms with Gasteiger partial charge in [0.25, 0.3) is 0 Å². The second-order valence-electron chi connectivity index (χ2n) is 3.22. The average molecular weight is 224 g/mol. The molecule has 0 fully saturated rings. The van der Waals surface area contributed by atoms with Gasteiger partial charge in [-0.05, 0) is 36.8 Å². The number of ether oxygens (including phenoxy) is 1. The number of hydrogen-bond donors (Lipinski definition) is 2. The second-order valence-corrected chi connectivity index (χ2v) is 3.63. The highest BCUT2D eigenvalue weighted by molar-refractivity contribution is 7.80. The van der Waals surface area contributed by atoms with Gasteiger partial charge in [0.1, 0.15) is 5.75 Å². The molecule has 0 saturated carbocycles. The summed E-state index contributed by atoms with van der Waals surface area (Å²) in [4.78, 5) is 0.